The van der Waals surface area contributed by atoms with Gasteiger partial charge in [0.2, 0.25) is 0 Å². The van der Waals surface area contributed by atoms with E-state index < -0.39 is 0 Å². The maximum atomic E-state index is 12.0. The first-order chi connectivity index (χ1) is 9.22. The van der Waals surface area contributed by atoms with E-state index in [-0.39, 0.29) is 12.6 Å². The van der Waals surface area contributed by atoms with Gasteiger partial charge in [-0.3, -0.25) is 4.90 Å². The molecule has 112 valence electrons. The van der Waals surface area contributed by atoms with Gasteiger partial charge in [-0.15, -0.1) is 0 Å². The molecule has 5 heteroatoms. The number of nitrogens with zero attached hydrogens (tertiary/aromatic N) is 2. The molecular formula is C14H29N3O2. The lowest BCUT2D eigenvalue weighted by molar-refractivity contribution is 0.145. The summed E-state index contributed by atoms with van der Waals surface area (Å²) in [4.78, 5) is 16.2. The minimum Gasteiger partial charge on any atom is -0.395 e. The van der Waals surface area contributed by atoms with E-state index >= 15 is 0 Å². The summed E-state index contributed by atoms with van der Waals surface area (Å²) in [7, 11) is 0. The number of hydrogen-bond acceptors (Lipinski definition) is 3. The molecule has 0 bridgehead atoms. The van der Waals surface area contributed by atoms with Gasteiger partial charge in [-0.2, -0.15) is 0 Å². The molecule has 1 heterocycles. The van der Waals surface area contributed by atoms with Gasteiger partial charge in [-0.25, -0.2) is 4.79 Å². The van der Waals surface area contributed by atoms with Crippen LogP contribution in [-0.4, -0.2) is 66.3 Å². The second kappa shape index (κ2) is 9.15. The lowest BCUT2D eigenvalue weighted by atomic mass is 10.0. The van der Waals surface area contributed by atoms with Gasteiger partial charge in [-0.05, 0) is 32.4 Å². The van der Waals surface area contributed by atoms with Crippen LogP contribution in [0.25, 0.3) is 0 Å². The first kappa shape index (κ1) is 16.2. The smallest absolute Gasteiger partial charge is 0.317 e. The monoisotopic (exact) mass is 271 g/mol. The molecule has 1 aliphatic rings. The Morgan fingerprint density at radius 2 is 2.16 bits per heavy atom. The van der Waals surface area contributed by atoms with Crippen LogP contribution in [0.3, 0.4) is 0 Å². The zero-order valence-electron chi connectivity index (χ0n) is 12.4. The van der Waals surface area contributed by atoms with Crippen molar-refractivity contribution in [1.29, 1.82) is 0 Å². The SMILES string of the molecule is CCCN(CCO)C(=O)NCC1CCCCN1CC. The van der Waals surface area contributed by atoms with E-state index in [1.807, 2.05) is 6.92 Å². The second-order valence-corrected chi connectivity index (χ2v) is 5.17. The van der Waals surface area contributed by atoms with Crippen LogP contribution in [0.5, 0.6) is 0 Å². The fraction of sp³-hybridized carbons (Fsp3) is 0.929. The molecule has 0 aromatic heterocycles. The zero-order valence-corrected chi connectivity index (χ0v) is 12.4. The highest BCUT2D eigenvalue weighted by molar-refractivity contribution is 5.74. The van der Waals surface area contributed by atoms with Crippen LogP contribution in [0.4, 0.5) is 4.79 Å². The summed E-state index contributed by atoms with van der Waals surface area (Å²) in [5.41, 5.74) is 0. The van der Waals surface area contributed by atoms with Gasteiger partial charge in [-0.1, -0.05) is 20.3 Å². The minimum absolute atomic E-state index is 0.0257. The van der Waals surface area contributed by atoms with Crippen molar-refractivity contribution in [1.82, 2.24) is 15.1 Å². The predicted molar refractivity (Wildman–Crippen MR) is 77.2 cm³/mol. The Morgan fingerprint density at radius 3 is 2.79 bits per heavy atom. The predicted octanol–water partition coefficient (Wildman–Crippen LogP) is 1.27. The molecule has 0 aromatic rings. The van der Waals surface area contributed by atoms with Crippen molar-refractivity contribution in [3.05, 3.63) is 0 Å². The van der Waals surface area contributed by atoms with Crippen molar-refractivity contribution in [2.24, 2.45) is 0 Å². The summed E-state index contributed by atoms with van der Waals surface area (Å²) in [5.74, 6) is 0. The molecule has 0 aromatic carbocycles. The number of amides is 2. The number of carbonyl (C=O) groups excluding carboxylic acids is 1. The summed E-state index contributed by atoms with van der Waals surface area (Å²) < 4.78 is 0. The molecule has 1 saturated heterocycles. The van der Waals surface area contributed by atoms with Gasteiger partial charge in [0.15, 0.2) is 0 Å². The van der Waals surface area contributed by atoms with Gasteiger partial charge >= 0.3 is 6.03 Å². The summed E-state index contributed by atoms with van der Waals surface area (Å²) >= 11 is 0. The zero-order chi connectivity index (χ0) is 14.1. The molecule has 1 unspecified atom stereocenters. The van der Waals surface area contributed by atoms with Crippen LogP contribution in [0.1, 0.15) is 39.5 Å². The van der Waals surface area contributed by atoms with Gasteiger partial charge in [0.25, 0.3) is 0 Å². The number of urea groups is 1. The van der Waals surface area contributed by atoms with Crippen LogP contribution in [0, 0.1) is 0 Å². The third-order valence-corrected chi connectivity index (χ3v) is 3.79. The van der Waals surface area contributed by atoms with Crippen LogP contribution in [0.2, 0.25) is 0 Å². The first-order valence-corrected chi connectivity index (χ1v) is 7.60. The van der Waals surface area contributed by atoms with E-state index in [9.17, 15) is 4.79 Å². The molecular weight excluding hydrogens is 242 g/mol. The van der Waals surface area contributed by atoms with Crippen LogP contribution in [0.15, 0.2) is 0 Å². The molecule has 0 aliphatic carbocycles. The number of likely N-dealkylation sites (tertiary alicyclic amines) is 1. The molecule has 1 aliphatic heterocycles. The maximum absolute atomic E-state index is 12.0. The molecule has 0 radical (unpaired) electrons. The van der Waals surface area contributed by atoms with Gasteiger partial charge in [0, 0.05) is 25.7 Å². The lowest BCUT2D eigenvalue weighted by Gasteiger charge is -2.35. The average Bonchev–Trinajstić information content (AvgIpc) is 2.44. The topological polar surface area (TPSA) is 55.8 Å². The number of aliphatic hydroxyl groups is 1. The molecule has 0 saturated carbocycles. The molecule has 1 rings (SSSR count). The highest BCUT2D eigenvalue weighted by Crippen LogP contribution is 2.15. The number of piperidine rings is 1. The van der Waals surface area contributed by atoms with E-state index in [1.54, 1.807) is 4.90 Å². The Hall–Kier alpha value is -0.810. The molecule has 1 atom stereocenters. The van der Waals surface area contributed by atoms with E-state index in [4.69, 9.17) is 5.11 Å². The molecule has 0 spiro atoms. The standard InChI is InChI=1S/C14H29N3O2/c1-3-8-17(10-11-18)14(19)15-12-13-7-5-6-9-16(13)4-2/h13,18H,3-12H2,1-2H3,(H,15,19). The average molecular weight is 271 g/mol. The fourth-order valence-electron chi connectivity index (χ4n) is 2.73. The Morgan fingerprint density at radius 1 is 1.37 bits per heavy atom. The normalized spacial score (nSPS) is 20.3. The number of rotatable bonds is 7. The Kier molecular flexibility index (Phi) is 7.82. The summed E-state index contributed by atoms with van der Waals surface area (Å²) in [6.45, 7) is 8.28. The summed E-state index contributed by atoms with van der Waals surface area (Å²) in [5, 5.41) is 12.0. The molecule has 19 heavy (non-hydrogen) atoms. The minimum atomic E-state index is -0.0440. The number of aliphatic hydroxyl groups excluding tert-OH is 1. The Bertz CT molecular complexity index is 255. The van der Waals surface area contributed by atoms with E-state index in [2.05, 4.69) is 17.1 Å². The van der Waals surface area contributed by atoms with Gasteiger partial charge < -0.3 is 15.3 Å². The van der Waals surface area contributed by atoms with Crippen molar-refractivity contribution in [2.45, 2.75) is 45.6 Å². The molecule has 2 amide bonds. The summed E-state index contributed by atoms with van der Waals surface area (Å²) in [6, 6.07) is 0.429. The number of likely N-dealkylation sites (N-methyl/N-ethyl adjacent to an activating group) is 1. The highest BCUT2D eigenvalue weighted by atomic mass is 16.3. The lowest BCUT2D eigenvalue weighted by Crippen LogP contribution is -2.50. The highest BCUT2D eigenvalue weighted by Gasteiger charge is 2.22. The van der Waals surface area contributed by atoms with Crippen LogP contribution < -0.4 is 5.32 Å². The Labute approximate surface area is 117 Å². The van der Waals surface area contributed by atoms with E-state index in [0.717, 1.165) is 26.1 Å². The Balaban J connectivity index is 2.38. The molecule has 5 nitrogen and oxygen atoms in total. The third kappa shape index (κ3) is 5.37. The third-order valence-electron chi connectivity index (χ3n) is 3.79. The number of hydrogen-bond donors (Lipinski definition) is 2. The molecule has 2 N–H and O–H groups in total. The van der Waals surface area contributed by atoms with Crippen LogP contribution in [-0.2, 0) is 0 Å². The maximum Gasteiger partial charge on any atom is 0.317 e. The number of carbonyl (C=O) groups is 1. The second-order valence-electron chi connectivity index (χ2n) is 5.17. The van der Waals surface area contributed by atoms with E-state index in [1.165, 1.54) is 19.3 Å². The number of nitrogens with one attached hydrogen (secondary N) is 1. The van der Waals surface area contributed by atoms with Gasteiger partial charge in [0.05, 0.1) is 6.61 Å². The fourth-order valence-corrected chi connectivity index (χ4v) is 2.73. The van der Waals surface area contributed by atoms with Crippen molar-refractivity contribution < 1.29 is 9.90 Å². The van der Waals surface area contributed by atoms with Crippen LogP contribution >= 0.6 is 0 Å². The van der Waals surface area contributed by atoms with Crippen molar-refractivity contribution in [3.8, 4) is 0 Å². The van der Waals surface area contributed by atoms with Crippen molar-refractivity contribution in [3.63, 3.8) is 0 Å². The quantitative estimate of drug-likeness (QED) is 0.733. The van der Waals surface area contributed by atoms with Crippen molar-refractivity contribution >= 4 is 6.03 Å². The van der Waals surface area contributed by atoms with E-state index in [0.29, 0.717) is 19.1 Å². The first-order valence-electron chi connectivity index (χ1n) is 7.60. The largest absolute Gasteiger partial charge is 0.395 e. The van der Waals surface area contributed by atoms with Crippen molar-refractivity contribution in [2.75, 3.05) is 39.3 Å². The molecule has 1 fully saturated rings. The van der Waals surface area contributed by atoms with Gasteiger partial charge in [0.1, 0.15) is 0 Å². The summed E-state index contributed by atoms with van der Waals surface area (Å²) in [6.07, 6.45) is 4.61.